The summed E-state index contributed by atoms with van der Waals surface area (Å²) in [5, 5.41) is 0. The predicted molar refractivity (Wildman–Crippen MR) is 64.2 cm³/mol. The summed E-state index contributed by atoms with van der Waals surface area (Å²) in [5.41, 5.74) is -0.124. The molecule has 0 amide bonds. The summed E-state index contributed by atoms with van der Waals surface area (Å²) in [6.45, 7) is 4.21. The molecule has 0 bridgehead atoms. The van der Waals surface area contributed by atoms with Crippen molar-refractivity contribution in [3.8, 4) is 0 Å². The van der Waals surface area contributed by atoms with E-state index < -0.39 is 0 Å². The Morgan fingerprint density at radius 2 is 2.25 bits per heavy atom. The first-order chi connectivity index (χ1) is 7.61. The van der Waals surface area contributed by atoms with Crippen molar-refractivity contribution in [3.63, 3.8) is 0 Å². The predicted octanol–water partition coefficient (Wildman–Crippen LogP) is 3.21. The highest BCUT2D eigenvalue weighted by Gasteiger charge is 2.40. The quantitative estimate of drug-likeness (QED) is 0.662. The Hall–Kier alpha value is -0.400. The van der Waals surface area contributed by atoms with Crippen LogP contribution in [0.2, 0.25) is 0 Å². The summed E-state index contributed by atoms with van der Waals surface area (Å²) in [4.78, 5) is 12.0. The molecule has 2 aliphatic rings. The maximum absolute atomic E-state index is 12.0. The van der Waals surface area contributed by atoms with Crippen molar-refractivity contribution in [3.05, 3.63) is 12.3 Å². The van der Waals surface area contributed by atoms with E-state index in [0.29, 0.717) is 12.2 Å². The molecule has 1 saturated carbocycles. The van der Waals surface area contributed by atoms with Gasteiger partial charge in [-0.15, -0.1) is 0 Å². The van der Waals surface area contributed by atoms with Crippen LogP contribution in [0.25, 0.3) is 0 Å². The van der Waals surface area contributed by atoms with Gasteiger partial charge < -0.3 is 9.05 Å². The Bertz CT molecular complexity index is 299. The lowest BCUT2D eigenvalue weighted by atomic mass is 9.73. The molecule has 1 aliphatic heterocycles. The Morgan fingerprint density at radius 1 is 1.44 bits per heavy atom. The molecule has 0 saturated heterocycles. The molecule has 0 aromatic heterocycles. The van der Waals surface area contributed by atoms with Gasteiger partial charge >= 0.3 is 0 Å². The number of carbonyl (C=O) groups is 1. The first-order valence-corrected chi connectivity index (χ1v) is 6.69. The van der Waals surface area contributed by atoms with Crippen molar-refractivity contribution in [2.75, 3.05) is 0 Å². The van der Waals surface area contributed by atoms with E-state index >= 15 is 0 Å². The number of hydrogen-bond donors (Lipinski definition) is 0. The summed E-state index contributed by atoms with van der Waals surface area (Å²) < 4.78 is 11.0. The zero-order valence-corrected chi connectivity index (χ0v) is 10.9. The minimum atomic E-state index is -0.124. The van der Waals surface area contributed by atoms with Crippen molar-refractivity contribution in [2.24, 2.45) is 11.3 Å². The number of hydrogen-bond acceptors (Lipinski definition) is 3. The van der Waals surface area contributed by atoms with Crippen LogP contribution in [0.4, 0.5) is 0 Å². The lowest BCUT2D eigenvalue weighted by Crippen LogP contribution is -2.40. The topological polar surface area (TPSA) is 35.5 Å². The van der Waals surface area contributed by atoms with Gasteiger partial charge in [0.25, 0.3) is 0 Å². The van der Waals surface area contributed by atoms with Crippen molar-refractivity contribution in [1.29, 1.82) is 0 Å². The van der Waals surface area contributed by atoms with Gasteiger partial charge in [-0.3, -0.25) is 4.79 Å². The van der Waals surface area contributed by atoms with Crippen molar-refractivity contribution >= 4 is 14.8 Å². The minimum Gasteiger partial charge on any atom is -0.458 e. The van der Waals surface area contributed by atoms with Crippen molar-refractivity contribution in [1.82, 2.24) is 0 Å². The highest BCUT2D eigenvalue weighted by atomic mass is 31.1. The molecule has 90 valence electrons. The van der Waals surface area contributed by atoms with E-state index in [1.165, 1.54) is 0 Å². The molecule has 4 heteroatoms. The first-order valence-electron chi connectivity index (χ1n) is 5.88. The van der Waals surface area contributed by atoms with Crippen LogP contribution >= 0.6 is 9.03 Å². The second kappa shape index (κ2) is 4.85. The third-order valence-electron chi connectivity index (χ3n) is 3.49. The lowest BCUT2D eigenvalue weighted by molar-refractivity contribution is -0.129. The Labute approximate surface area is 98.5 Å². The molecule has 0 N–H and O–H groups in total. The Kier molecular flexibility index (Phi) is 3.66. The van der Waals surface area contributed by atoms with Crippen LogP contribution < -0.4 is 0 Å². The molecule has 0 aromatic rings. The second-order valence-electron chi connectivity index (χ2n) is 5.18. The molecular formula is C12H19O3P. The Morgan fingerprint density at radius 3 is 3.00 bits per heavy atom. The number of ketones is 1. The maximum Gasteiger partial charge on any atom is 0.214 e. The van der Waals surface area contributed by atoms with Crippen molar-refractivity contribution < 1.29 is 13.8 Å². The molecule has 3 nitrogen and oxygen atoms in total. The van der Waals surface area contributed by atoms with E-state index in [-0.39, 0.29) is 26.5 Å². The summed E-state index contributed by atoms with van der Waals surface area (Å²) in [5.74, 6) is 0.423. The fourth-order valence-corrected chi connectivity index (χ4v) is 3.25. The average molecular weight is 242 g/mol. The molecule has 3 atom stereocenters. The van der Waals surface area contributed by atoms with Crippen LogP contribution in [0, 0.1) is 11.3 Å². The summed E-state index contributed by atoms with van der Waals surface area (Å²) in [6.07, 6.45) is 7.54. The fourth-order valence-electron chi connectivity index (χ4n) is 2.49. The maximum atomic E-state index is 12.0. The van der Waals surface area contributed by atoms with E-state index in [9.17, 15) is 4.79 Å². The molecule has 0 aromatic carbocycles. The van der Waals surface area contributed by atoms with Crippen LogP contribution in [-0.4, -0.2) is 11.9 Å². The van der Waals surface area contributed by atoms with Crippen LogP contribution in [0.15, 0.2) is 12.3 Å². The van der Waals surface area contributed by atoms with Gasteiger partial charge in [0, 0.05) is 17.8 Å². The zero-order chi connectivity index (χ0) is 11.6. The third kappa shape index (κ3) is 2.46. The normalized spacial score (nSPS) is 35.8. The highest BCUT2D eigenvalue weighted by Crippen LogP contribution is 2.41. The first kappa shape index (κ1) is 12.1. The smallest absolute Gasteiger partial charge is 0.214 e. The highest BCUT2D eigenvalue weighted by molar-refractivity contribution is 7.26. The number of Topliss-reactive ketones (excluding diaryl/α,β-unsaturated/α-hetero) is 1. The molecule has 1 fully saturated rings. The van der Waals surface area contributed by atoms with Gasteiger partial charge in [-0.25, -0.2) is 0 Å². The minimum absolute atomic E-state index is 0.0168. The third-order valence-corrected chi connectivity index (χ3v) is 4.07. The molecule has 1 aliphatic carbocycles. The van der Waals surface area contributed by atoms with Gasteiger partial charge in [-0.1, -0.05) is 20.3 Å². The van der Waals surface area contributed by atoms with E-state index in [1.807, 2.05) is 6.08 Å². The van der Waals surface area contributed by atoms with Crippen LogP contribution in [0.3, 0.4) is 0 Å². The molecule has 2 rings (SSSR count). The van der Waals surface area contributed by atoms with Crippen LogP contribution in [0.5, 0.6) is 0 Å². The fraction of sp³-hybridized carbons (Fsp3) is 0.750. The summed E-state index contributed by atoms with van der Waals surface area (Å²) >= 11 is 0. The second-order valence-corrected chi connectivity index (χ2v) is 5.82. The van der Waals surface area contributed by atoms with E-state index in [4.69, 9.17) is 9.05 Å². The standard InChI is InChI=1S/C12H19O3P/c1-12(2)7-8-14-16-15-11(12)9-5-3-4-6-10(9)13/h7-9,11,16H,3-6H2,1-2H3. The average Bonchev–Trinajstić information content (AvgIpc) is 2.40. The number of carbonyl (C=O) groups excluding carboxylic acids is 1. The van der Waals surface area contributed by atoms with Gasteiger partial charge in [0.1, 0.15) is 5.78 Å². The van der Waals surface area contributed by atoms with Gasteiger partial charge in [0.2, 0.25) is 9.03 Å². The van der Waals surface area contributed by atoms with Gasteiger partial charge in [-0.05, 0) is 18.9 Å². The van der Waals surface area contributed by atoms with Gasteiger partial charge in [0.15, 0.2) is 0 Å². The van der Waals surface area contributed by atoms with Crippen LogP contribution in [0.1, 0.15) is 39.5 Å². The van der Waals surface area contributed by atoms with E-state index in [0.717, 1.165) is 19.3 Å². The van der Waals surface area contributed by atoms with Gasteiger partial charge in [0.05, 0.1) is 12.4 Å². The molecule has 1 heterocycles. The molecule has 16 heavy (non-hydrogen) atoms. The van der Waals surface area contributed by atoms with Gasteiger partial charge in [-0.2, -0.15) is 0 Å². The summed E-state index contributed by atoms with van der Waals surface area (Å²) in [7, 11) is 0.0168. The summed E-state index contributed by atoms with van der Waals surface area (Å²) in [6, 6.07) is 0. The van der Waals surface area contributed by atoms with Crippen molar-refractivity contribution in [2.45, 2.75) is 45.6 Å². The van der Waals surface area contributed by atoms with Crippen LogP contribution in [-0.2, 0) is 13.8 Å². The lowest BCUT2D eigenvalue weighted by Gasteiger charge is -2.36. The molecule has 0 spiro atoms. The van der Waals surface area contributed by atoms with E-state index in [1.54, 1.807) is 6.26 Å². The zero-order valence-electron chi connectivity index (χ0n) is 9.86. The molecule has 0 radical (unpaired) electrons. The Balaban J connectivity index is 2.16. The molecule has 3 unspecified atom stereocenters. The van der Waals surface area contributed by atoms with E-state index in [2.05, 4.69) is 13.8 Å². The SMILES string of the molecule is CC1(C)C=COPOC1C1CCCCC1=O. The largest absolute Gasteiger partial charge is 0.458 e. The monoisotopic (exact) mass is 242 g/mol. The molecular weight excluding hydrogens is 223 g/mol. The number of rotatable bonds is 1.